The van der Waals surface area contributed by atoms with Crippen molar-refractivity contribution in [1.29, 1.82) is 0 Å². The van der Waals surface area contributed by atoms with Gasteiger partial charge in [0.2, 0.25) is 10.0 Å². The topological polar surface area (TPSA) is 66.5 Å². The minimum atomic E-state index is -3.28. The molecule has 1 aliphatic heterocycles. The Morgan fingerprint density at radius 3 is 2.58 bits per heavy atom. The lowest BCUT2D eigenvalue weighted by Crippen LogP contribution is -2.28. The van der Waals surface area contributed by atoms with Crippen LogP contribution in [0.4, 0.5) is 5.69 Å². The predicted molar refractivity (Wildman–Crippen MR) is 104 cm³/mol. The van der Waals surface area contributed by atoms with Gasteiger partial charge in [-0.25, -0.2) is 8.42 Å². The van der Waals surface area contributed by atoms with Crippen molar-refractivity contribution in [2.75, 3.05) is 17.1 Å². The van der Waals surface area contributed by atoms with Crippen LogP contribution >= 0.6 is 0 Å². The number of rotatable bonds is 4. The molecule has 0 fully saturated rings. The molecule has 0 saturated carbocycles. The number of carbonyl (C=O) groups is 1. The van der Waals surface area contributed by atoms with Crippen LogP contribution in [0.3, 0.4) is 0 Å². The second-order valence-corrected chi connectivity index (χ2v) is 8.89. The van der Waals surface area contributed by atoms with Crippen molar-refractivity contribution >= 4 is 21.6 Å². The number of nitrogens with one attached hydrogen (secondary N) is 1. The van der Waals surface area contributed by atoms with Crippen molar-refractivity contribution in [3.8, 4) is 0 Å². The van der Waals surface area contributed by atoms with E-state index in [0.29, 0.717) is 24.2 Å². The first-order valence-electron chi connectivity index (χ1n) is 8.65. The maximum atomic E-state index is 12.7. The number of nitrogens with zero attached hydrogens (tertiary/aromatic N) is 1. The van der Waals surface area contributed by atoms with Crippen LogP contribution in [-0.2, 0) is 16.4 Å². The Hall–Kier alpha value is -2.34. The first-order valence-corrected chi connectivity index (χ1v) is 10.5. The Bertz CT molecular complexity index is 967. The predicted octanol–water partition coefficient (Wildman–Crippen LogP) is 3.12. The lowest BCUT2D eigenvalue weighted by Gasteiger charge is -2.18. The van der Waals surface area contributed by atoms with Gasteiger partial charge in [0.15, 0.2) is 0 Å². The van der Waals surface area contributed by atoms with Crippen LogP contribution in [0.2, 0.25) is 0 Å². The van der Waals surface area contributed by atoms with Gasteiger partial charge >= 0.3 is 0 Å². The van der Waals surface area contributed by atoms with Crippen molar-refractivity contribution in [1.82, 2.24) is 5.32 Å². The Morgan fingerprint density at radius 2 is 1.88 bits per heavy atom. The molecule has 0 aromatic heterocycles. The third-order valence-electron chi connectivity index (χ3n) is 4.84. The van der Waals surface area contributed by atoms with Gasteiger partial charge in [0.05, 0.1) is 18.0 Å². The molecule has 138 valence electrons. The molecule has 2 aromatic rings. The summed E-state index contributed by atoms with van der Waals surface area (Å²) < 4.78 is 25.0. The first kappa shape index (κ1) is 18.5. The molecule has 5 nitrogen and oxygen atoms in total. The van der Waals surface area contributed by atoms with E-state index in [1.165, 1.54) is 10.6 Å². The van der Waals surface area contributed by atoms with Gasteiger partial charge in [-0.05, 0) is 62.1 Å². The van der Waals surface area contributed by atoms with E-state index in [4.69, 9.17) is 0 Å². The SMILES string of the molecule is Cc1ccc(C)c(C(C)NC(=O)c2ccc3c(c2)CCN3S(C)(=O)=O)c1. The fourth-order valence-electron chi connectivity index (χ4n) is 3.44. The highest BCUT2D eigenvalue weighted by Crippen LogP contribution is 2.31. The highest BCUT2D eigenvalue weighted by molar-refractivity contribution is 7.92. The minimum Gasteiger partial charge on any atom is -0.346 e. The smallest absolute Gasteiger partial charge is 0.251 e. The Kier molecular flexibility index (Phi) is 4.80. The number of amides is 1. The number of carbonyl (C=O) groups excluding carboxylic acids is 1. The number of hydrogen-bond acceptors (Lipinski definition) is 3. The second-order valence-electron chi connectivity index (χ2n) is 6.98. The van der Waals surface area contributed by atoms with Crippen molar-refractivity contribution < 1.29 is 13.2 Å². The summed E-state index contributed by atoms with van der Waals surface area (Å²) in [5.74, 6) is -0.154. The van der Waals surface area contributed by atoms with Gasteiger partial charge in [-0.2, -0.15) is 0 Å². The number of fused-ring (bicyclic) bond motifs is 1. The highest BCUT2D eigenvalue weighted by Gasteiger charge is 2.27. The maximum Gasteiger partial charge on any atom is 0.251 e. The number of anilines is 1. The van der Waals surface area contributed by atoms with E-state index in [-0.39, 0.29) is 11.9 Å². The summed E-state index contributed by atoms with van der Waals surface area (Å²) in [5.41, 5.74) is 5.51. The molecule has 1 aliphatic rings. The highest BCUT2D eigenvalue weighted by atomic mass is 32.2. The molecule has 1 atom stereocenters. The van der Waals surface area contributed by atoms with E-state index in [2.05, 4.69) is 23.5 Å². The molecule has 26 heavy (non-hydrogen) atoms. The van der Waals surface area contributed by atoms with Gasteiger partial charge in [0.1, 0.15) is 0 Å². The molecule has 0 radical (unpaired) electrons. The van der Waals surface area contributed by atoms with Gasteiger partial charge < -0.3 is 5.32 Å². The number of sulfonamides is 1. The van der Waals surface area contributed by atoms with E-state index in [0.717, 1.165) is 22.3 Å². The summed E-state index contributed by atoms with van der Waals surface area (Å²) >= 11 is 0. The quantitative estimate of drug-likeness (QED) is 0.897. The van der Waals surface area contributed by atoms with Crippen LogP contribution in [0.5, 0.6) is 0 Å². The number of benzene rings is 2. The number of aryl methyl sites for hydroxylation is 2. The minimum absolute atomic E-state index is 0.108. The molecule has 0 spiro atoms. The summed E-state index contributed by atoms with van der Waals surface area (Å²) in [7, 11) is -3.28. The van der Waals surface area contributed by atoms with Crippen LogP contribution in [-0.4, -0.2) is 27.1 Å². The van der Waals surface area contributed by atoms with Gasteiger partial charge in [0.25, 0.3) is 5.91 Å². The van der Waals surface area contributed by atoms with Crippen LogP contribution in [0.1, 0.15) is 45.6 Å². The molecule has 3 rings (SSSR count). The molecule has 1 N–H and O–H groups in total. The van der Waals surface area contributed by atoms with Crippen LogP contribution in [0.25, 0.3) is 0 Å². The molecule has 0 bridgehead atoms. The standard InChI is InChI=1S/C20H24N2O3S/c1-13-5-6-14(2)18(11-13)15(3)21-20(23)17-7-8-19-16(12-17)9-10-22(19)26(4,24)25/h5-8,11-12,15H,9-10H2,1-4H3,(H,21,23). The van der Waals surface area contributed by atoms with Gasteiger partial charge in [0, 0.05) is 12.1 Å². The lowest BCUT2D eigenvalue weighted by atomic mass is 9.99. The van der Waals surface area contributed by atoms with E-state index in [9.17, 15) is 13.2 Å². The first-order chi connectivity index (χ1) is 12.2. The van der Waals surface area contributed by atoms with Crippen molar-refractivity contribution in [3.63, 3.8) is 0 Å². The van der Waals surface area contributed by atoms with E-state index in [1.54, 1.807) is 18.2 Å². The Morgan fingerprint density at radius 1 is 1.15 bits per heavy atom. The molecular weight excluding hydrogens is 348 g/mol. The summed E-state index contributed by atoms with van der Waals surface area (Å²) in [6.45, 7) is 6.47. The molecule has 6 heteroatoms. The Balaban J connectivity index is 1.80. The fourth-order valence-corrected chi connectivity index (χ4v) is 4.40. The zero-order valence-corrected chi connectivity index (χ0v) is 16.4. The average molecular weight is 372 g/mol. The summed E-state index contributed by atoms with van der Waals surface area (Å²) in [5, 5.41) is 3.04. The third kappa shape index (κ3) is 3.60. The van der Waals surface area contributed by atoms with Crippen molar-refractivity contribution in [2.24, 2.45) is 0 Å². The number of hydrogen-bond donors (Lipinski definition) is 1. The third-order valence-corrected chi connectivity index (χ3v) is 6.02. The fraction of sp³-hybridized carbons (Fsp3) is 0.350. The van der Waals surface area contributed by atoms with E-state index < -0.39 is 10.0 Å². The molecule has 0 aliphatic carbocycles. The second kappa shape index (κ2) is 6.76. The Labute approximate surface area is 155 Å². The molecule has 1 amide bonds. The summed E-state index contributed by atoms with van der Waals surface area (Å²) in [6, 6.07) is 11.3. The van der Waals surface area contributed by atoms with E-state index in [1.807, 2.05) is 20.8 Å². The van der Waals surface area contributed by atoms with E-state index >= 15 is 0 Å². The summed E-state index contributed by atoms with van der Waals surface area (Å²) in [4.78, 5) is 12.7. The van der Waals surface area contributed by atoms with Crippen LogP contribution in [0.15, 0.2) is 36.4 Å². The van der Waals surface area contributed by atoms with Gasteiger partial charge in [-0.1, -0.05) is 23.8 Å². The molecule has 1 heterocycles. The average Bonchev–Trinajstić information content (AvgIpc) is 3.00. The van der Waals surface area contributed by atoms with Crippen molar-refractivity contribution in [2.45, 2.75) is 33.2 Å². The zero-order chi connectivity index (χ0) is 19.1. The normalized spacial score (nSPS) is 14.8. The van der Waals surface area contributed by atoms with Gasteiger partial charge in [-0.3, -0.25) is 9.10 Å². The van der Waals surface area contributed by atoms with Crippen LogP contribution in [0, 0.1) is 13.8 Å². The van der Waals surface area contributed by atoms with Crippen LogP contribution < -0.4 is 9.62 Å². The largest absolute Gasteiger partial charge is 0.346 e. The molecule has 1 unspecified atom stereocenters. The zero-order valence-electron chi connectivity index (χ0n) is 15.5. The molecule has 0 saturated heterocycles. The maximum absolute atomic E-state index is 12.7. The lowest BCUT2D eigenvalue weighted by molar-refractivity contribution is 0.0939. The summed E-state index contributed by atoms with van der Waals surface area (Å²) in [6.07, 6.45) is 1.82. The molecular formula is C20H24N2O3S. The molecule has 2 aromatic carbocycles. The monoisotopic (exact) mass is 372 g/mol. The van der Waals surface area contributed by atoms with Crippen molar-refractivity contribution in [3.05, 3.63) is 64.2 Å². The van der Waals surface area contributed by atoms with Gasteiger partial charge in [-0.15, -0.1) is 0 Å².